The number of hydrogen-bond donors (Lipinski definition) is 2. The molecule has 2 rings (SSSR count). The summed E-state index contributed by atoms with van der Waals surface area (Å²) in [5, 5.41) is 12.7. The lowest BCUT2D eigenvalue weighted by Crippen LogP contribution is -2.26. The van der Waals surface area contributed by atoms with E-state index in [1.807, 2.05) is 13.0 Å². The zero-order valence-corrected chi connectivity index (χ0v) is 11.1. The van der Waals surface area contributed by atoms with E-state index in [2.05, 4.69) is 12.2 Å². The number of carbonyl (C=O) groups is 1. The fourth-order valence-corrected chi connectivity index (χ4v) is 2.65. The zero-order chi connectivity index (χ0) is 13.1. The average molecular weight is 247 g/mol. The molecule has 3 heteroatoms. The van der Waals surface area contributed by atoms with Gasteiger partial charge in [0.15, 0.2) is 0 Å². The third-order valence-electron chi connectivity index (χ3n) is 3.87. The normalized spacial score (nSPS) is 23.7. The molecule has 1 saturated carbocycles. The van der Waals surface area contributed by atoms with Crippen LogP contribution in [0.5, 0.6) is 0 Å². The predicted molar refractivity (Wildman–Crippen MR) is 73.2 cm³/mol. The van der Waals surface area contributed by atoms with Crippen molar-refractivity contribution in [2.45, 2.75) is 45.6 Å². The molecule has 0 aliphatic heterocycles. The maximum atomic E-state index is 11.2. The second-order valence-electron chi connectivity index (χ2n) is 5.40. The molecule has 98 valence electrons. The smallest absolute Gasteiger partial charge is 0.337 e. The number of para-hydroxylation sites is 1. The Morgan fingerprint density at radius 2 is 1.94 bits per heavy atom. The third-order valence-corrected chi connectivity index (χ3v) is 3.87. The summed E-state index contributed by atoms with van der Waals surface area (Å²) in [5.74, 6) is -0.0516. The van der Waals surface area contributed by atoms with E-state index in [9.17, 15) is 9.90 Å². The van der Waals surface area contributed by atoms with Crippen LogP contribution < -0.4 is 5.32 Å². The van der Waals surface area contributed by atoms with Gasteiger partial charge in [-0.1, -0.05) is 19.1 Å². The van der Waals surface area contributed by atoms with Gasteiger partial charge in [0.1, 0.15) is 0 Å². The summed E-state index contributed by atoms with van der Waals surface area (Å²) in [4.78, 5) is 11.2. The molecular formula is C15H21NO2. The second kappa shape index (κ2) is 5.42. The number of benzene rings is 1. The van der Waals surface area contributed by atoms with Crippen LogP contribution in [0.3, 0.4) is 0 Å². The second-order valence-corrected chi connectivity index (χ2v) is 5.40. The Morgan fingerprint density at radius 3 is 2.56 bits per heavy atom. The number of aryl methyl sites for hydroxylation is 1. The van der Waals surface area contributed by atoms with Crippen molar-refractivity contribution in [3.8, 4) is 0 Å². The maximum Gasteiger partial charge on any atom is 0.337 e. The van der Waals surface area contributed by atoms with Gasteiger partial charge in [-0.3, -0.25) is 0 Å². The first-order valence-electron chi connectivity index (χ1n) is 6.67. The van der Waals surface area contributed by atoms with E-state index in [1.54, 1.807) is 12.1 Å². The summed E-state index contributed by atoms with van der Waals surface area (Å²) in [7, 11) is 0. The molecule has 18 heavy (non-hydrogen) atoms. The van der Waals surface area contributed by atoms with E-state index in [1.165, 1.54) is 12.8 Å². The van der Waals surface area contributed by atoms with Gasteiger partial charge in [0, 0.05) is 6.04 Å². The molecule has 0 aromatic heterocycles. The Balaban J connectivity index is 2.15. The Kier molecular flexibility index (Phi) is 3.90. The Labute approximate surface area is 108 Å². The van der Waals surface area contributed by atoms with Gasteiger partial charge in [0.05, 0.1) is 11.3 Å². The lowest BCUT2D eigenvalue weighted by atomic mass is 9.87. The van der Waals surface area contributed by atoms with E-state index in [4.69, 9.17) is 0 Å². The molecule has 0 spiro atoms. The van der Waals surface area contributed by atoms with E-state index in [-0.39, 0.29) is 0 Å². The first-order chi connectivity index (χ1) is 8.58. The molecule has 0 saturated heterocycles. The van der Waals surface area contributed by atoms with Crippen LogP contribution in [-0.4, -0.2) is 17.1 Å². The van der Waals surface area contributed by atoms with E-state index < -0.39 is 5.97 Å². The van der Waals surface area contributed by atoms with E-state index in [0.29, 0.717) is 11.6 Å². The maximum absolute atomic E-state index is 11.2. The fourth-order valence-electron chi connectivity index (χ4n) is 2.65. The molecule has 0 radical (unpaired) electrons. The van der Waals surface area contributed by atoms with Crippen molar-refractivity contribution in [1.29, 1.82) is 0 Å². The predicted octanol–water partition coefficient (Wildman–Crippen LogP) is 3.68. The topological polar surface area (TPSA) is 49.3 Å². The highest BCUT2D eigenvalue weighted by molar-refractivity contribution is 5.95. The lowest BCUT2D eigenvalue weighted by molar-refractivity contribution is 0.0697. The molecule has 1 fully saturated rings. The first-order valence-corrected chi connectivity index (χ1v) is 6.67. The minimum atomic E-state index is -0.856. The molecule has 0 unspecified atom stereocenters. The lowest BCUT2D eigenvalue weighted by Gasteiger charge is -2.28. The number of carboxylic acids is 1. The molecule has 3 nitrogen and oxygen atoms in total. The Morgan fingerprint density at radius 1 is 1.28 bits per heavy atom. The van der Waals surface area contributed by atoms with Crippen molar-refractivity contribution in [2.24, 2.45) is 5.92 Å². The highest BCUT2D eigenvalue weighted by Crippen LogP contribution is 2.28. The summed E-state index contributed by atoms with van der Waals surface area (Å²) in [6.45, 7) is 4.24. The van der Waals surface area contributed by atoms with Gasteiger partial charge in [-0.15, -0.1) is 0 Å². The Hall–Kier alpha value is -1.51. The van der Waals surface area contributed by atoms with Crippen LogP contribution in [0.25, 0.3) is 0 Å². The average Bonchev–Trinajstić information content (AvgIpc) is 2.34. The van der Waals surface area contributed by atoms with Crippen LogP contribution in [0.2, 0.25) is 0 Å². The Bertz CT molecular complexity index is 434. The van der Waals surface area contributed by atoms with Crippen molar-refractivity contribution >= 4 is 11.7 Å². The number of aromatic carboxylic acids is 1. The highest BCUT2D eigenvalue weighted by atomic mass is 16.4. The van der Waals surface area contributed by atoms with Gasteiger partial charge in [-0.2, -0.15) is 0 Å². The quantitative estimate of drug-likeness (QED) is 0.856. The molecule has 1 aliphatic rings. The SMILES string of the molecule is Cc1cccc(C(=O)O)c1NC1CCC(C)CC1. The molecule has 2 N–H and O–H groups in total. The van der Waals surface area contributed by atoms with Crippen molar-refractivity contribution < 1.29 is 9.90 Å². The van der Waals surface area contributed by atoms with Gasteiger partial charge in [0.2, 0.25) is 0 Å². The molecule has 1 aliphatic carbocycles. The third kappa shape index (κ3) is 2.84. The van der Waals surface area contributed by atoms with Gasteiger partial charge >= 0.3 is 5.97 Å². The fraction of sp³-hybridized carbons (Fsp3) is 0.533. The number of hydrogen-bond acceptors (Lipinski definition) is 2. The molecule has 0 heterocycles. The monoisotopic (exact) mass is 247 g/mol. The van der Waals surface area contributed by atoms with Gasteiger partial charge in [0.25, 0.3) is 0 Å². The number of anilines is 1. The van der Waals surface area contributed by atoms with Crippen LogP contribution in [0.4, 0.5) is 5.69 Å². The number of rotatable bonds is 3. The van der Waals surface area contributed by atoms with Crippen LogP contribution in [0.15, 0.2) is 18.2 Å². The van der Waals surface area contributed by atoms with Gasteiger partial charge in [-0.05, 0) is 50.2 Å². The minimum absolute atomic E-state index is 0.383. The van der Waals surface area contributed by atoms with Crippen molar-refractivity contribution in [3.05, 3.63) is 29.3 Å². The van der Waals surface area contributed by atoms with E-state index >= 15 is 0 Å². The zero-order valence-electron chi connectivity index (χ0n) is 11.1. The van der Waals surface area contributed by atoms with Gasteiger partial charge < -0.3 is 10.4 Å². The number of nitrogens with one attached hydrogen (secondary N) is 1. The minimum Gasteiger partial charge on any atom is -0.478 e. The largest absolute Gasteiger partial charge is 0.478 e. The van der Waals surface area contributed by atoms with Crippen LogP contribution >= 0.6 is 0 Å². The summed E-state index contributed by atoms with van der Waals surface area (Å²) in [6.07, 6.45) is 4.72. The summed E-state index contributed by atoms with van der Waals surface area (Å²) >= 11 is 0. The molecular weight excluding hydrogens is 226 g/mol. The van der Waals surface area contributed by atoms with Crippen molar-refractivity contribution in [2.75, 3.05) is 5.32 Å². The molecule has 1 aromatic rings. The van der Waals surface area contributed by atoms with Gasteiger partial charge in [-0.25, -0.2) is 4.79 Å². The van der Waals surface area contributed by atoms with Crippen LogP contribution in [0, 0.1) is 12.8 Å². The molecule has 1 aromatic carbocycles. The molecule has 0 atom stereocenters. The first kappa shape index (κ1) is 12.9. The van der Waals surface area contributed by atoms with E-state index in [0.717, 1.165) is 30.0 Å². The molecule has 0 amide bonds. The summed E-state index contributed by atoms with van der Waals surface area (Å²) in [5.41, 5.74) is 2.19. The van der Waals surface area contributed by atoms with Crippen molar-refractivity contribution in [3.63, 3.8) is 0 Å². The molecule has 0 bridgehead atoms. The summed E-state index contributed by atoms with van der Waals surface area (Å²) in [6, 6.07) is 5.84. The summed E-state index contributed by atoms with van der Waals surface area (Å²) < 4.78 is 0. The number of carboxylic acid groups (broad SMARTS) is 1. The highest BCUT2D eigenvalue weighted by Gasteiger charge is 2.20. The van der Waals surface area contributed by atoms with Crippen LogP contribution in [-0.2, 0) is 0 Å². The van der Waals surface area contributed by atoms with Crippen LogP contribution in [0.1, 0.15) is 48.5 Å². The van der Waals surface area contributed by atoms with Crippen molar-refractivity contribution in [1.82, 2.24) is 0 Å². The standard InChI is InChI=1S/C15H21NO2/c1-10-6-8-12(9-7-10)16-14-11(2)4-3-5-13(14)15(17)18/h3-5,10,12,16H,6-9H2,1-2H3,(H,17,18).